The number of aryl methyl sites for hydroxylation is 2. The molecule has 1 aliphatic heterocycles. The monoisotopic (exact) mass is 398 g/mol. The molecule has 0 amide bonds. The van der Waals surface area contributed by atoms with E-state index >= 15 is 0 Å². The molecule has 2 aromatic carbocycles. The topological polar surface area (TPSA) is 37.3 Å². The van der Waals surface area contributed by atoms with Crippen molar-refractivity contribution in [1.29, 1.82) is 0 Å². The molecule has 1 saturated carbocycles. The van der Waals surface area contributed by atoms with E-state index in [1.165, 1.54) is 18.2 Å². The number of rotatable bonds is 2. The van der Waals surface area contributed by atoms with E-state index in [2.05, 4.69) is 6.07 Å². The molecule has 1 spiro atoms. The Kier molecular flexibility index (Phi) is 4.85. The van der Waals surface area contributed by atoms with Gasteiger partial charge in [0.05, 0.1) is 10.3 Å². The van der Waals surface area contributed by atoms with Gasteiger partial charge >= 0.3 is 0 Å². The first kappa shape index (κ1) is 18.6. The second-order valence-corrected chi connectivity index (χ2v) is 9.45. The van der Waals surface area contributed by atoms with Gasteiger partial charge in [0.25, 0.3) is 0 Å². The standard InChI is InChI=1S/C23H23ClO2S/c1-14-13-19(15(2)12-18(14)16-6-8-17(24)9-7-16)20-21(25)23(27-22(20)26)10-4-3-5-11-23/h6-9,12-13,25H,3-5,10-11H2,1-2H3. The van der Waals surface area contributed by atoms with E-state index in [-0.39, 0.29) is 9.86 Å². The molecule has 4 rings (SSSR count). The summed E-state index contributed by atoms with van der Waals surface area (Å²) in [5, 5.41) is 11.8. The quantitative estimate of drug-likeness (QED) is 0.599. The third-order valence-electron chi connectivity index (χ3n) is 5.82. The molecule has 4 heteroatoms. The van der Waals surface area contributed by atoms with E-state index in [1.54, 1.807) is 0 Å². The van der Waals surface area contributed by atoms with Gasteiger partial charge in [-0.05, 0) is 66.6 Å². The molecular weight excluding hydrogens is 376 g/mol. The lowest BCUT2D eigenvalue weighted by atomic mass is 9.83. The summed E-state index contributed by atoms with van der Waals surface area (Å²) in [6, 6.07) is 11.9. The van der Waals surface area contributed by atoms with Crippen LogP contribution in [0.4, 0.5) is 0 Å². The predicted molar refractivity (Wildman–Crippen MR) is 114 cm³/mol. The molecule has 1 heterocycles. The van der Waals surface area contributed by atoms with Crippen molar-refractivity contribution in [3.05, 3.63) is 63.9 Å². The number of carbonyl (C=O) groups excluding carboxylic acids is 1. The fourth-order valence-electron chi connectivity index (χ4n) is 4.33. The maximum atomic E-state index is 12.8. The van der Waals surface area contributed by atoms with Crippen LogP contribution in [0, 0.1) is 13.8 Å². The van der Waals surface area contributed by atoms with Gasteiger partial charge in [0, 0.05) is 5.02 Å². The van der Waals surface area contributed by atoms with Crippen molar-refractivity contribution in [2.24, 2.45) is 0 Å². The number of halogens is 1. The number of aliphatic hydroxyl groups is 1. The fourth-order valence-corrected chi connectivity index (χ4v) is 5.81. The SMILES string of the molecule is Cc1cc(-c2ccc(Cl)cc2)c(C)cc1C1=C(O)C2(CCCCC2)SC1=O. The summed E-state index contributed by atoms with van der Waals surface area (Å²) in [7, 11) is 0. The van der Waals surface area contributed by atoms with Crippen LogP contribution < -0.4 is 0 Å². The third kappa shape index (κ3) is 3.21. The van der Waals surface area contributed by atoms with Crippen LogP contribution in [0.3, 0.4) is 0 Å². The minimum atomic E-state index is -0.389. The second kappa shape index (κ2) is 7.03. The Morgan fingerprint density at radius 3 is 2.22 bits per heavy atom. The Morgan fingerprint density at radius 1 is 0.963 bits per heavy atom. The Bertz CT molecular complexity index is 938. The molecule has 0 atom stereocenters. The van der Waals surface area contributed by atoms with Crippen LogP contribution in [0.25, 0.3) is 16.7 Å². The summed E-state index contributed by atoms with van der Waals surface area (Å²) in [5.41, 5.74) is 5.70. The molecule has 0 saturated heterocycles. The van der Waals surface area contributed by atoms with Gasteiger partial charge in [-0.1, -0.05) is 66.9 Å². The lowest BCUT2D eigenvalue weighted by molar-refractivity contribution is -0.106. The maximum absolute atomic E-state index is 12.8. The highest BCUT2D eigenvalue weighted by atomic mass is 35.5. The minimum Gasteiger partial charge on any atom is -0.510 e. The van der Waals surface area contributed by atoms with Crippen molar-refractivity contribution in [2.75, 3.05) is 0 Å². The van der Waals surface area contributed by atoms with Crippen LogP contribution in [0.2, 0.25) is 5.02 Å². The molecule has 2 aromatic rings. The fraction of sp³-hybridized carbons (Fsp3) is 0.348. The molecule has 2 aliphatic rings. The molecule has 0 unspecified atom stereocenters. The Morgan fingerprint density at radius 2 is 1.56 bits per heavy atom. The molecule has 0 bridgehead atoms. The van der Waals surface area contributed by atoms with E-state index in [0.29, 0.717) is 16.4 Å². The van der Waals surface area contributed by atoms with Gasteiger partial charge in [-0.15, -0.1) is 0 Å². The summed E-state index contributed by atoms with van der Waals surface area (Å²) in [6.45, 7) is 4.06. The zero-order valence-corrected chi connectivity index (χ0v) is 17.2. The predicted octanol–water partition coefficient (Wildman–Crippen LogP) is 6.87. The first-order chi connectivity index (χ1) is 12.9. The maximum Gasteiger partial charge on any atom is 0.224 e. The summed E-state index contributed by atoms with van der Waals surface area (Å²) in [4.78, 5) is 12.8. The Hall–Kier alpha value is -1.71. The molecule has 1 fully saturated rings. The lowest BCUT2D eigenvalue weighted by Gasteiger charge is -2.31. The Labute approximate surface area is 169 Å². The average molecular weight is 399 g/mol. The number of hydrogen-bond donors (Lipinski definition) is 1. The molecule has 27 heavy (non-hydrogen) atoms. The molecule has 140 valence electrons. The molecular formula is C23H23ClO2S. The second-order valence-electron chi connectivity index (χ2n) is 7.66. The summed E-state index contributed by atoms with van der Waals surface area (Å²) in [6.07, 6.45) is 5.11. The first-order valence-electron chi connectivity index (χ1n) is 9.46. The molecule has 1 N–H and O–H groups in total. The van der Waals surface area contributed by atoms with E-state index in [9.17, 15) is 9.90 Å². The number of aliphatic hydroxyl groups excluding tert-OH is 1. The van der Waals surface area contributed by atoms with Crippen molar-refractivity contribution in [3.63, 3.8) is 0 Å². The molecule has 0 radical (unpaired) electrons. The highest BCUT2D eigenvalue weighted by Crippen LogP contribution is 2.54. The Balaban J connectivity index is 1.79. The number of hydrogen-bond acceptors (Lipinski definition) is 3. The minimum absolute atomic E-state index is 0.0103. The van der Waals surface area contributed by atoms with Crippen molar-refractivity contribution in [2.45, 2.75) is 50.7 Å². The van der Waals surface area contributed by atoms with E-state index < -0.39 is 0 Å². The molecule has 1 aliphatic carbocycles. The average Bonchev–Trinajstić information content (AvgIpc) is 2.88. The summed E-state index contributed by atoms with van der Waals surface area (Å²) in [5.74, 6) is 0.305. The van der Waals surface area contributed by atoms with E-state index in [4.69, 9.17) is 11.6 Å². The van der Waals surface area contributed by atoms with E-state index in [1.807, 2.05) is 44.2 Å². The first-order valence-corrected chi connectivity index (χ1v) is 10.7. The zero-order valence-electron chi connectivity index (χ0n) is 15.6. The van der Waals surface area contributed by atoms with Crippen LogP contribution >= 0.6 is 23.4 Å². The highest BCUT2D eigenvalue weighted by Gasteiger charge is 2.48. The van der Waals surface area contributed by atoms with Crippen molar-refractivity contribution < 1.29 is 9.90 Å². The largest absolute Gasteiger partial charge is 0.510 e. The zero-order chi connectivity index (χ0) is 19.2. The highest BCUT2D eigenvalue weighted by molar-refractivity contribution is 8.16. The van der Waals surface area contributed by atoms with Gasteiger partial charge in [0.15, 0.2) is 0 Å². The van der Waals surface area contributed by atoms with Crippen LogP contribution in [-0.2, 0) is 4.79 Å². The van der Waals surface area contributed by atoms with Gasteiger partial charge in [0.2, 0.25) is 5.12 Å². The van der Waals surface area contributed by atoms with Gasteiger partial charge in [0.1, 0.15) is 5.76 Å². The smallest absolute Gasteiger partial charge is 0.224 e. The summed E-state index contributed by atoms with van der Waals surface area (Å²) < 4.78 is -0.389. The van der Waals surface area contributed by atoms with Crippen LogP contribution in [0.5, 0.6) is 0 Å². The lowest BCUT2D eigenvalue weighted by Crippen LogP contribution is -2.28. The van der Waals surface area contributed by atoms with Gasteiger partial charge in [-0.2, -0.15) is 0 Å². The van der Waals surface area contributed by atoms with Gasteiger partial charge in [-0.3, -0.25) is 4.79 Å². The van der Waals surface area contributed by atoms with Gasteiger partial charge < -0.3 is 5.11 Å². The number of carbonyl (C=O) groups is 1. The van der Waals surface area contributed by atoms with Gasteiger partial charge in [-0.25, -0.2) is 0 Å². The van der Waals surface area contributed by atoms with Crippen LogP contribution in [-0.4, -0.2) is 15.0 Å². The van der Waals surface area contributed by atoms with Crippen molar-refractivity contribution in [1.82, 2.24) is 0 Å². The normalized spacial score (nSPS) is 19.1. The number of thioether (sulfide) groups is 1. The van der Waals surface area contributed by atoms with E-state index in [0.717, 1.165) is 53.5 Å². The van der Waals surface area contributed by atoms with Crippen LogP contribution in [0.15, 0.2) is 42.2 Å². The van der Waals surface area contributed by atoms with Crippen molar-refractivity contribution in [3.8, 4) is 11.1 Å². The van der Waals surface area contributed by atoms with Crippen molar-refractivity contribution >= 4 is 34.1 Å². The molecule has 2 nitrogen and oxygen atoms in total. The summed E-state index contributed by atoms with van der Waals surface area (Å²) >= 11 is 7.35. The van der Waals surface area contributed by atoms with Crippen LogP contribution in [0.1, 0.15) is 48.8 Å². The number of benzene rings is 2. The third-order valence-corrected chi connectivity index (χ3v) is 7.45. The molecule has 0 aromatic heterocycles.